The highest BCUT2D eigenvalue weighted by Crippen LogP contribution is 2.65. The summed E-state index contributed by atoms with van der Waals surface area (Å²) < 4.78 is 0. The SMILES string of the molecule is C=C(C)[C@@H](C=C[C@@H](C)[C@H]1CC[C@H]2C3=CC=C4C[C@@H](O)CC[C@]4(C)[C@H]3CC[C@]12C)CC. The van der Waals surface area contributed by atoms with Gasteiger partial charge in [0.15, 0.2) is 0 Å². The average molecular weight is 409 g/mol. The Labute approximate surface area is 185 Å². The smallest absolute Gasteiger partial charge is 0.0578 e. The van der Waals surface area contributed by atoms with Gasteiger partial charge in [0.05, 0.1) is 6.10 Å². The molecule has 1 nitrogen and oxygen atoms in total. The van der Waals surface area contributed by atoms with Gasteiger partial charge in [0.2, 0.25) is 0 Å². The number of hydrogen-bond donors (Lipinski definition) is 1. The highest BCUT2D eigenvalue weighted by molar-refractivity contribution is 5.39. The number of fused-ring (bicyclic) bond motifs is 5. The van der Waals surface area contributed by atoms with Crippen LogP contribution in [0, 0.1) is 40.4 Å². The van der Waals surface area contributed by atoms with Gasteiger partial charge in [0.25, 0.3) is 0 Å². The molecule has 0 aromatic rings. The molecule has 3 fully saturated rings. The molecule has 30 heavy (non-hydrogen) atoms. The summed E-state index contributed by atoms with van der Waals surface area (Å²) in [4.78, 5) is 0. The first kappa shape index (κ1) is 22.1. The molecule has 0 unspecified atom stereocenters. The van der Waals surface area contributed by atoms with Gasteiger partial charge in [-0.1, -0.05) is 75.3 Å². The van der Waals surface area contributed by atoms with E-state index in [1.54, 1.807) is 5.57 Å². The largest absolute Gasteiger partial charge is 0.393 e. The van der Waals surface area contributed by atoms with Crippen molar-refractivity contribution in [3.8, 4) is 0 Å². The number of aliphatic hydroxyl groups is 1. The lowest BCUT2D eigenvalue weighted by molar-refractivity contribution is 0.0383. The second-order valence-electron chi connectivity index (χ2n) is 11.6. The molecule has 0 saturated heterocycles. The van der Waals surface area contributed by atoms with Crippen molar-refractivity contribution in [2.24, 2.45) is 40.4 Å². The first-order valence-electron chi connectivity index (χ1n) is 12.6. The zero-order valence-corrected chi connectivity index (χ0v) is 20.1. The maximum atomic E-state index is 10.2. The van der Waals surface area contributed by atoms with Crippen LogP contribution in [0.5, 0.6) is 0 Å². The average Bonchev–Trinajstić information content (AvgIpc) is 3.06. The summed E-state index contributed by atoms with van der Waals surface area (Å²) in [5.74, 6) is 3.41. The Hall–Kier alpha value is -1.08. The lowest BCUT2D eigenvalue weighted by atomic mass is 9.50. The molecule has 0 aromatic carbocycles. The van der Waals surface area contributed by atoms with Crippen molar-refractivity contribution in [3.05, 3.63) is 47.6 Å². The van der Waals surface area contributed by atoms with E-state index in [1.807, 2.05) is 0 Å². The lowest BCUT2D eigenvalue weighted by Crippen LogP contribution is -2.46. The van der Waals surface area contributed by atoms with E-state index in [0.29, 0.717) is 28.6 Å². The van der Waals surface area contributed by atoms with Crippen LogP contribution in [0.1, 0.15) is 86.0 Å². The summed E-state index contributed by atoms with van der Waals surface area (Å²) in [7, 11) is 0. The van der Waals surface area contributed by atoms with Gasteiger partial charge in [-0.3, -0.25) is 0 Å². The van der Waals surface area contributed by atoms with E-state index in [9.17, 15) is 5.11 Å². The van der Waals surface area contributed by atoms with Crippen molar-refractivity contribution in [2.75, 3.05) is 0 Å². The minimum absolute atomic E-state index is 0.122. The van der Waals surface area contributed by atoms with Gasteiger partial charge in [0.1, 0.15) is 0 Å². The fraction of sp³-hybridized carbons (Fsp3) is 0.724. The Bertz CT molecular complexity index is 769. The normalized spacial score (nSPS) is 42.6. The van der Waals surface area contributed by atoms with Gasteiger partial charge in [-0.2, -0.15) is 0 Å². The molecule has 0 heterocycles. The maximum Gasteiger partial charge on any atom is 0.0578 e. The third-order valence-electron chi connectivity index (χ3n) is 9.97. The molecule has 3 saturated carbocycles. The zero-order chi connectivity index (χ0) is 21.7. The van der Waals surface area contributed by atoms with Crippen molar-refractivity contribution in [1.82, 2.24) is 0 Å². The molecule has 4 rings (SSSR count). The van der Waals surface area contributed by atoms with Crippen LogP contribution in [-0.4, -0.2) is 11.2 Å². The molecule has 4 aliphatic carbocycles. The molecule has 0 amide bonds. The van der Waals surface area contributed by atoms with E-state index in [-0.39, 0.29) is 6.10 Å². The van der Waals surface area contributed by atoms with Crippen LogP contribution in [0.25, 0.3) is 0 Å². The lowest BCUT2D eigenvalue weighted by Gasteiger charge is -2.55. The first-order valence-corrected chi connectivity index (χ1v) is 12.6. The molecule has 8 atom stereocenters. The minimum atomic E-state index is -0.122. The predicted octanol–water partition coefficient (Wildman–Crippen LogP) is 7.64. The summed E-state index contributed by atoms with van der Waals surface area (Å²) in [5, 5.41) is 10.2. The van der Waals surface area contributed by atoms with Crippen LogP contribution in [-0.2, 0) is 0 Å². The predicted molar refractivity (Wildman–Crippen MR) is 128 cm³/mol. The molecule has 4 aliphatic rings. The van der Waals surface area contributed by atoms with Crippen LogP contribution in [0.4, 0.5) is 0 Å². The van der Waals surface area contributed by atoms with Gasteiger partial charge in [-0.25, -0.2) is 0 Å². The molecule has 0 aliphatic heterocycles. The highest BCUT2D eigenvalue weighted by Gasteiger charge is 2.56. The fourth-order valence-corrected chi connectivity index (χ4v) is 7.98. The van der Waals surface area contributed by atoms with E-state index < -0.39 is 0 Å². The maximum absolute atomic E-state index is 10.2. The fourth-order valence-electron chi connectivity index (χ4n) is 7.98. The van der Waals surface area contributed by atoms with Crippen LogP contribution in [0.3, 0.4) is 0 Å². The van der Waals surface area contributed by atoms with Gasteiger partial charge in [0, 0.05) is 0 Å². The van der Waals surface area contributed by atoms with E-state index in [1.165, 1.54) is 36.8 Å². The first-order chi connectivity index (χ1) is 14.2. The quantitative estimate of drug-likeness (QED) is 0.463. The van der Waals surface area contributed by atoms with Crippen LogP contribution < -0.4 is 0 Å². The standard InChI is InChI=1S/C29H44O/c1-7-21(19(2)3)9-8-20(4)25-12-13-26-24-11-10-22-18-23(30)14-16-28(22,5)27(24)15-17-29(25,26)6/h8-11,20-21,23,25-27,30H,2,7,12-18H2,1,3-6H3/t20-,21-,23+,25-,26+,27+,28+,29-/m1/s1. The number of hydrogen-bond acceptors (Lipinski definition) is 1. The summed E-state index contributed by atoms with van der Waals surface area (Å²) in [6, 6.07) is 0. The summed E-state index contributed by atoms with van der Waals surface area (Å²) >= 11 is 0. The van der Waals surface area contributed by atoms with Gasteiger partial charge in [-0.15, -0.1) is 0 Å². The molecule has 0 bridgehead atoms. The van der Waals surface area contributed by atoms with Crippen LogP contribution in [0.2, 0.25) is 0 Å². The Morgan fingerprint density at radius 2 is 1.90 bits per heavy atom. The van der Waals surface area contributed by atoms with Crippen molar-refractivity contribution in [3.63, 3.8) is 0 Å². The van der Waals surface area contributed by atoms with Gasteiger partial charge in [-0.05, 0) is 98.7 Å². The van der Waals surface area contributed by atoms with E-state index in [2.05, 4.69) is 65.5 Å². The molecule has 0 spiro atoms. The Morgan fingerprint density at radius 1 is 1.13 bits per heavy atom. The molecular weight excluding hydrogens is 364 g/mol. The van der Waals surface area contributed by atoms with E-state index >= 15 is 0 Å². The minimum Gasteiger partial charge on any atom is -0.393 e. The molecule has 1 N–H and O–H groups in total. The van der Waals surface area contributed by atoms with Crippen molar-refractivity contribution < 1.29 is 5.11 Å². The number of allylic oxidation sites excluding steroid dienone is 6. The van der Waals surface area contributed by atoms with Gasteiger partial charge < -0.3 is 5.11 Å². The summed E-state index contributed by atoms with van der Waals surface area (Å²) in [6.45, 7) is 16.2. The third kappa shape index (κ3) is 3.50. The Kier molecular flexibility index (Phi) is 5.99. The van der Waals surface area contributed by atoms with Gasteiger partial charge >= 0.3 is 0 Å². The number of rotatable bonds is 5. The van der Waals surface area contributed by atoms with Crippen LogP contribution in [0.15, 0.2) is 47.6 Å². The summed E-state index contributed by atoms with van der Waals surface area (Å²) in [6.07, 6.45) is 19.4. The number of aliphatic hydroxyl groups excluding tert-OH is 1. The van der Waals surface area contributed by atoms with E-state index in [0.717, 1.165) is 37.5 Å². The monoisotopic (exact) mass is 408 g/mol. The van der Waals surface area contributed by atoms with E-state index in [4.69, 9.17) is 0 Å². The van der Waals surface area contributed by atoms with Crippen molar-refractivity contribution in [1.29, 1.82) is 0 Å². The highest BCUT2D eigenvalue weighted by atomic mass is 16.3. The molecule has 0 aromatic heterocycles. The molecule has 0 radical (unpaired) electrons. The third-order valence-corrected chi connectivity index (χ3v) is 9.97. The second-order valence-corrected chi connectivity index (χ2v) is 11.6. The molecular formula is C29H44O. The molecule has 1 heteroatoms. The Morgan fingerprint density at radius 3 is 2.60 bits per heavy atom. The van der Waals surface area contributed by atoms with Crippen molar-refractivity contribution in [2.45, 2.75) is 92.1 Å². The zero-order valence-electron chi connectivity index (χ0n) is 20.1. The molecule has 166 valence electrons. The summed E-state index contributed by atoms with van der Waals surface area (Å²) in [5.41, 5.74) is 5.31. The topological polar surface area (TPSA) is 20.2 Å². The second kappa shape index (κ2) is 8.12. The van der Waals surface area contributed by atoms with Crippen molar-refractivity contribution >= 4 is 0 Å². The van der Waals surface area contributed by atoms with Crippen LogP contribution >= 0.6 is 0 Å². The Balaban J connectivity index is 1.56.